The zero-order valence-corrected chi connectivity index (χ0v) is 20.7. The van der Waals surface area contributed by atoms with Crippen molar-refractivity contribution in [1.29, 1.82) is 0 Å². The largest absolute Gasteiger partial charge is 0.289 e. The number of rotatable bonds is 2. The van der Waals surface area contributed by atoms with Crippen molar-refractivity contribution in [1.82, 2.24) is 0 Å². The summed E-state index contributed by atoms with van der Waals surface area (Å²) in [7, 11) is 0. The van der Waals surface area contributed by atoms with E-state index >= 15 is 0 Å². The molecule has 0 aromatic heterocycles. The topological polar surface area (TPSA) is 34.1 Å². The average Bonchev–Trinajstić information content (AvgIpc) is 3.24. The molecule has 5 rings (SSSR count). The maximum absolute atomic E-state index is 14.0. The minimum absolute atomic E-state index is 0.0127. The Kier molecular flexibility index (Phi) is 4.91. The summed E-state index contributed by atoms with van der Waals surface area (Å²) in [6, 6.07) is 24.0. The van der Waals surface area contributed by atoms with E-state index in [1.54, 1.807) is 0 Å². The van der Waals surface area contributed by atoms with Crippen LogP contribution in [0.25, 0.3) is 44.2 Å². The van der Waals surface area contributed by atoms with Gasteiger partial charge in [0, 0.05) is 27.6 Å². The first-order chi connectivity index (χ1) is 16.0. The first-order valence-electron chi connectivity index (χ1n) is 11.9. The van der Waals surface area contributed by atoms with Gasteiger partial charge in [-0.3, -0.25) is 9.59 Å². The quantitative estimate of drug-likeness (QED) is 0.282. The SMILES string of the molecule is CC(C)(C)c1ccc(-c2c3c(=O)c4ccccc4c-3c(-c3ccc(C(C)(C)C)cc3)c2=O)cc1. The molecule has 170 valence electrons. The van der Waals surface area contributed by atoms with Crippen LogP contribution in [0.1, 0.15) is 52.7 Å². The third-order valence-electron chi connectivity index (χ3n) is 6.95. The number of benzene rings is 3. The second-order valence-electron chi connectivity index (χ2n) is 11.4. The van der Waals surface area contributed by atoms with Gasteiger partial charge >= 0.3 is 0 Å². The van der Waals surface area contributed by atoms with E-state index in [2.05, 4.69) is 65.8 Å². The lowest BCUT2D eigenvalue weighted by Crippen LogP contribution is -2.11. The van der Waals surface area contributed by atoms with Gasteiger partial charge in [-0.2, -0.15) is 0 Å². The van der Waals surface area contributed by atoms with Crippen molar-refractivity contribution in [3.05, 3.63) is 104 Å². The highest BCUT2D eigenvalue weighted by Crippen LogP contribution is 2.43. The van der Waals surface area contributed by atoms with E-state index in [4.69, 9.17) is 0 Å². The van der Waals surface area contributed by atoms with Crippen LogP contribution >= 0.6 is 0 Å². The van der Waals surface area contributed by atoms with Crippen molar-refractivity contribution in [2.24, 2.45) is 0 Å². The van der Waals surface area contributed by atoms with Crippen molar-refractivity contribution in [2.75, 3.05) is 0 Å². The summed E-state index contributed by atoms with van der Waals surface area (Å²) in [5.74, 6) is 0. The molecule has 2 heteroatoms. The molecule has 2 aliphatic carbocycles. The van der Waals surface area contributed by atoms with E-state index in [1.807, 2.05) is 48.5 Å². The molecule has 0 aliphatic heterocycles. The Bertz CT molecular complexity index is 1560. The smallest absolute Gasteiger partial charge is 0.195 e. The lowest BCUT2D eigenvalue weighted by molar-refractivity contribution is 0.590. The maximum Gasteiger partial charge on any atom is 0.195 e. The van der Waals surface area contributed by atoms with Gasteiger partial charge in [-0.05, 0) is 38.5 Å². The summed E-state index contributed by atoms with van der Waals surface area (Å²) in [6.07, 6.45) is 0. The Balaban J connectivity index is 1.81. The third-order valence-corrected chi connectivity index (χ3v) is 6.95. The molecular weight excluding hydrogens is 416 g/mol. The summed E-state index contributed by atoms with van der Waals surface area (Å²) < 4.78 is 0. The van der Waals surface area contributed by atoms with Crippen LogP contribution in [0, 0.1) is 0 Å². The second-order valence-corrected chi connectivity index (χ2v) is 11.4. The number of hydrogen-bond acceptors (Lipinski definition) is 2. The average molecular weight is 447 g/mol. The first-order valence-corrected chi connectivity index (χ1v) is 11.9. The zero-order valence-electron chi connectivity index (χ0n) is 20.7. The van der Waals surface area contributed by atoms with Gasteiger partial charge < -0.3 is 0 Å². The van der Waals surface area contributed by atoms with Gasteiger partial charge in [-0.25, -0.2) is 0 Å². The Labute approximate surface area is 200 Å². The highest BCUT2D eigenvalue weighted by atomic mass is 16.1. The molecule has 2 aliphatic rings. The van der Waals surface area contributed by atoms with Crippen LogP contribution in [0.15, 0.2) is 82.4 Å². The lowest BCUT2D eigenvalue weighted by atomic mass is 9.86. The van der Waals surface area contributed by atoms with Gasteiger partial charge in [-0.1, -0.05) is 114 Å². The van der Waals surface area contributed by atoms with Gasteiger partial charge in [0.2, 0.25) is 0 Å². The normalized spacial score (nSPS) is 12.6. The predicted molar refractivity (Wildman–Crippen MR) is 144 cm³/mol. The van der Waals surface area contributed by atoms with Crippen molar-refractivity contribution in [2.45, 2.75) is 52.4 Å². The molecule has 3 aromatic rings. The molecule has 0 radical (unpaired) electrons. The molecule has 0 fully saturated rings. The van der Waals surface area contributed by atoms with Gasteiger partial charge in [-0.15, -0.1) is 0 Å². The number of fused-ring (bicyclic) bond motifs is 3. The van der Waals surface area contributed by atoms with E-state index < -0.39 is 0 Å². The van der Waals surface area contributed by atoms with Gasteiger partial charge in [0.25, 0.3) is 0 Å². The third kappa shape index (κ3) is 3.40. The molecule has 0 bridgehead atoms. The Hall–Kier alpha value is -3.52. The Morgan fingerprint density at radius 2 is 0.853 bits per heavy atom. The monoisotopic (exact) mass is 446 g/mol. The summed E-state index contributed by atoms with van der Waals surface area (Å²) in [4.78, 5) is 27.5. The van der Waals surface area contributed by atoms with Crippen LogP contribution in [-0.4, -0.2) is 0 Å². The standard InChI is InChI=1S/C32H30O2/c1-31(2,3)21-15-11-19(12-16-21)25-27-23-9-7-8-10-24(23)29(33)28(27)26(30(25)34)20-13-17-22(18-14-20)32(4,5)6/h7-18H,1-6H3. The summed E-state index contributed by atoms with van der Waals surface area (Å²) in [5, 5.41) is 1.53. The van der Waals surface area contributed by atoms with Crippen LogP contribution in [0.5, 0.6) is 0 Å². The molecule has 0 saturated heterocycles. The summed E-state index contributed by atoms with van der Waals surface area (Å²) in [5.41, 5.74) is 6.44. The maximum atomic E-state index is 14.0. The fourth-order valence-electron chi connectivity index (χ4n) is 4.96. The summed E-state index contributed by atoms with van der Waals surface area (Å²) >= 11 is 0. The molecule has 0 amide bonds. The van der Waals surface area contributed by atoms with E-state index in [9.17, 15) is 9.59 Å². The highest BCUT2D eigenvalue weighted by Gasteiger charge is 2.31. The fourth-order valence-corrected chi connectivity index (χ4v) is 4.96. The molecule has 3 aromatic carbocycles. The minimum atomic E-state index is -0.0696. The van der Waals surface area contributed by atoms with Crippen LogP contribution in [0.3, 0.4) is 0 Å². The molecule has 0 atom stereocenters. The molecule has 0 spiro atoms. The van der Waals surface area contributed by atoms with E-state index in [0.717, 1.165) is 22.1 Å². The van der Waals surface area contributed by atoms with Crippen LogP contribution in [-0.2, 0) is 10.8 Å². The molecule has 0 unspecified atom stereocenters. The van der Waals surface area contributed by atoms with E-state index in [0.29, 0.717) is 22.1 Å². The summed E-state index contributed by atoms with van der Waals surface area (Å²) in [6.45, 7) is 13.0. The lowest BCUT2D eigenvalue weighted by Gasteiger charge is -2.19. The predicted octanol–water partition coefficient (Wildman–Crippen LogP) is 7.47. The van der Waals surface area contributed by atoms with Gasteiger partial charge in [0.1, 0.15) is 0 Å². The molecule has 34 heavy (non-hydrogen) atoms. The van der Waals surface area contributed by atoms with Crippen LogP contribution in [0.4, 0.5) is 0 Å². The molecule has 0 heterocycles. The molecule has 0 N–H and O–H groups in total. The van der Waals surface area contributed by atoms with Crippen molar-refractivity contribution < 1.29 is 0 Å². The Morgan fingerprint density at radius 3 is 1.29 bits per heavy atom. The number of hydrogen-bond donors (Lipinski definition) is 0. The molecule has 2 nitrogen and oxygen atoms in total. The molecular formula is C32H30O2. The van der Waals surface area contributed by atoms with Crippen LogP contribution < -0.4 is 10.9 Å². The first kappa shape index (κ1) is 22.3. The molecule has 0 saturated carbocycles. The fraction of sp³-hybridized carbons (Fsp3) is 0.250. The highest BCUT2D eigenvalue weighted by molar-refractivity contribution is 6.13. The van der Waals surface area contributed by atoms with Crippen molar-refractivity contribution in [3.63, 3.8) is 0 Å². The van der Waals surface area contributed by atoms with Crippen LogP contribution in [0.2, 0.25) is 0 Å². The Morgan fingerprint density at radius 1 is 0.441 bits per heavy atom. The zero-order chi connectivity index (χ0) is 24.4. The van der Waals surface area contributed by atoms with Crippen molar-refractivity contribution in [3.8, 4) is 33.4 Å². The van der Waals surface area contributed by atoms with Gasteiger partial charge in [0.15, 0.2) is 10.9 Å². The minimum Gasteiger partial charge on any atom is -0.289 e. The van der Waals surface area contributed by atoms with Gasteiger partial charge in [0.05, 0.1) is 0 Å². The second kappa shape index (κ2) is 7.50. The van der Waals surface area contributed by atoms with Crippen molar-refractivity contribution >= 4 is 10.8 Å². The van der Waals surface area contributed by atoms with E-state index in [-0.39, 0.29) is 21.7 Å². The van der Waals surface area contributed by atoms with E-state index in [1.165, 1.54) is 11.1 Å².